The first kappa shape index (κ1) is 10.8. The fourth-order valence-electron chi connectivity index (χ4n) is 3.12. The van der Waals surface area contributed by atoms with Crippen molar-refractivity contribution in [1.29, 1.82) is 0 Å². The Hall–Kier alpha value is -1.28. The van der Waals surface area contributed by atoms with Gasteiger partial charge in [-0.2, -0.15) is 0 Å². The fourth-order valence-corrected chi connectivity index (χ4v) is 3.12. The number of aromatic amines is 1. The summed E-state index contributed by atoms with van der Waals surface area (Å²) in [6.07, 6.45) is 2.58. The largest absolute Gasteiger partial charge is 0.358 e. The molecule has 1 aromatic carbocycles. The predicted molar refractivity (Wildman–Crippen MR) is 72.5 cm³/mol. The van der Waals surface area contributed by atoms with E-state index in [9.17, 15) is 0 Å². The second-order valence-electron chi connectivity index (χ2n) is 5.29. The zero-order chi connectivity index (χ0) is 11.8. The van der Waals surface area contributed by atoms with Gasteiger partial charge in [-0.05, 0) is 57.5 Å². The number of hydrogen-bond donors (Lipinski definition) is 1. The Kier molecular flexibility index (Phi) is 2.67. The van der Waals surface area contributed by atoms with Crippen LogP contribution in [0, 0.1) is 6.92 Å². The van der Waals surface area contributed by atoms with E-state index in [-0.39, 0.29) is 0 Å². The number of nitrogens with zero attached hydrogens (tertiary/aromatic N) is 1. The van der Waals surface area contributed by atoms with Gasteiger partial charge >= 0.3 is 0 Å². The number of fused-ring (bicyclic) bond motifs is 1. The van der Waals surface area contributed by atoms with Crippen LogP contribution in [-0.4, -0.2) is 30.0 Å². The minimum Gasteiger partial charge on any atom is -0.358 e. The van der Waals surface area contributed by atoms with Gasteiger partial charge in [0.15, 0.2) is 0 Å². The number of H-pyrrole nitrogens is 1. The molecule has 0 unspecified atom stereocenters. The zero-order valence-corrected chi connectivity index (χ0v) is 10.7. The van der Waals surface area contributed by atoms with Crippen LogP contribution in [0.4, 0.5) is 0 Å². The van der Waals surface area contributed by atoms with Crippen LogP contribution in [0.25, 0.3) is 10.9 Å². The number of aromatic nitrogens is 1. The van der Waals surface area contributed by atoms with E-state index in [4.69, 9.17) is 0 Å². The number of aryl methyl sites for hydroxylation is 1. The molecule has 2 heterocycles. The molecular weight excluding hydrogens is 208 g/mol. The van der Waals surface area contributed by atoms with Crippen molar-refractivity contribution in [3.8, 4) is 0 Å². The van der Waals surface area contributed by atoms with Gasteiger partial charge in [-0.25, -0.2) is 0 Å². The highest BCUT2D eigenvalue weighted by Crippen LogP contribution is 2.35. The maximum Gasteiger partial charge on any atom is 0.0458 e. The van der Waals surface area contributed by atoms with Gasteiger partial charge in [0.25, 0.3) is 0 Å². The van der Waals surface area contributed by atoms with Crippen LogP contribution in [-0.2, 0) is 0 Å². The molecule has 1 aliphatic heterocycles. The van der Waals surface area contributed by atoms with Crippen LogP contribution in [0.2, 0.25) is 0 Å². The molecule has 2 nitrogen and oxygen atoms in total. The quantitative estimate of drug-likeness (QED) is 0.793. The van der Waals surface area contributed by atoms with Crippen LogP contribution in [0.15, 0.2) is 24.3 Å². The third-order valence-electron chi connectivity index (χ3n) is 4.07. The average molecular weight is 228 g/mol. The van der Waals surface area contributed by atoms with Gasteiger partial charge in [0, 0.05) is 16.6 Å². The van der Waals surface area contributed by atoms with Gasteiger partial charge in [-0.3, -0.25) is 0 Å². The van der Waals surface area contributed by atoms with Crippen LogP contribution in [0.5, 0.6) is 0 Å². The summed E-state index contributed by atoms with van der Waals surface area (Å²) in [6.45, 7) is 4.67. The van der Waals surface area contributed by atoms with Gasteiger partial charge < -0.3 is 9.88 Å². The van der Waals surface area contributed by atoms with Crippen LogP contribution < -0.4 is 0 Å². The first-order valence-electron chi connectivity index (χ1n) is 6.51. The molecule has 1 aromatic heterocycles. The van der Waals surface area contributed by atoms with Gasteiger partial charge in [0.2, 0.25) is 0 Å². The van der Waals surface area contributed by atoms with Crippen molar-refractivity contribution in [2.24, 2.45) is 0 Å². The number of para-hydroxylation sites is 1. The Labute approximate surface area is 103 Å². The van der Waals surface area contributed by atoms with Gasteiger partial charge in [0.1, 0.15) is 0 Å². The molecule has 1 aliphatic rings. The molecule has 17 heavy (non-hydrogen) atoms. The highest BCUT2D eigenvalue weighted by molar-refractivity contribution is 5.85. The van der Waals surface area contributed by atoms with E-state index >= 15 is 0 Å². The summed E-state index contributed by atoms with van der Waals surface area (Å²) >= 11 is 0. The summed E-state index contributed by atoms with van der Waals surface area (Å²) in [5, 5.41) is 1.43. The molecule has 0 amide bonds. The third kappa shape index (κ3) is 1.87. The molecular formula is C15H20N2. The van der Waals surface area contributed by atoms with Crippen LogP contribution in [0.3, 0.4) is 0 Å². The van der Waals surface area contributed by atoms with Gasteiger partial charge in [-0.1, -0.05) is 18.2 Å². The molecule has 3 rings (SSSR count). The molecule has 2 aromatic rings. The first-order chi connectivity index (χ1) is 8.25. The fraction of sp³-hybridized carbons (Fsp3) is 0.467. The summed E-state index contributed by atoms with van der Waals surface area (Å²) in [5.74, 6) is 0.738. The minimum atomic E-state index is 0.738. The Bertz CT molecular complexity index is 519. The highest BCUT2D eigenvalue weighted by atomic mass is 15.1. The Morgan fingerprint density at radius 1 is 1.18 bits per heavy atom. The summed E-state index contributed by atoms with van der Waals surface area (Å²) in [6, 6.07) is 8.69. The molecule has 0 radical (unpaired) electrons. The molecule has 1 fully saturated rings. The molecule has 1 saturated heterocycles. The lowest BCUT2D eigenvalue weighted by Crippen LogP contribution is -2.29. The average Bonchev–Trinajstić information content (AvgIpc) is 2.66. The maximum absolute atomic E-state index is 3.52. The number of hydrogen-bond acceptors (Lipinski definition) is 1. The van der Waals surface area contributed by atoms with E-state index in [0.717, 1.165) is 5.92 Å². The molecule has 0 saturated carbocycles. The second kappa shape index (κ2) is 4.19. The second-order valence-corrected chi connectivity index (χ2v) is 5.29. The van der Waals surface area contributed by atoms with Crippen LogP contribution in [0.1, 0.15) is 30.0 Å². The highest BCUT2D eigenvalue weighted by Gasteiger charge is 2.22. The van der Waals surface area contributed by atoms with Crippen molar-refractivity contribution in [1.82, 2.24) is 9.88 Å². The molecule has 0 aliphatic carbocycles. The number of piperidine rings is 1. The molecule has 0 spiro atoms. The van der Waals surface area contributed by atoms with E-state index in [1.807, 2.05) is 0 Å². The smallest absolute Gasteiger partial charge is 0.0458 e. The molecule has 90 valence electrons. The lowest BCUT2D eigenvalue weighted by Gasteiger charge is -2.29. The molecule has 0 atom stereocenters. The minimum absolute atomic E-state index is 0.738. The lowest BCUT2D eigenvalue weighted by atomic mass is 9.88. The Morgan fingerprint density at radius 2 is 1.88 bits per heavy atom. The van der Waals surface area contributed by atoms with E-state index in [2.05, 4.69) is 48.1 Å². The van der Waals surface area contributed by atoms with Crippen molar-refractivity contribution in [2.75, 3.05) is 20.1 Å². The summed E-state index contributed by atoms with van der Waals surface area (Å²) < 4.78 is 0. The van der Waals surface area contributed by atoms with Crippen molar-refractivity contribution >= 4 is 10.9 Å². The Morgan fingerprint density at radius 3 is 2.65 bits per heavy atom. The monoisotopic (exact) mass is 228 g/mol. The first-order valence-corrected chi connectivity index (χ1v) is 6.51. The lowest BCUT2D eigenvalue weighted by molar-refractivity contribution is 0.255. The van der Waals surface area contributed by atoms with Crippen LogP contribution >= 0.6 is 0 Å². The standard InChI is InChI=1S/C15H20N2/c1-11-15(12-7-9-17(2)10-8-12)13-5-3-4-6-14(13)16-11/h3-6,12,16H,7-10H2,1-2H3. The third-order valence-corrected chi connectivity index (χ3v) is 4.07. The van der Waals surface area contributed by atoms with Crippen molar-refractivity contribution in [3.05, 3.63) is 35.5 Å². The van der Waals surface area contributed by atoms with Crippen molar-refractivity contribution in [3.63, 3.8) is 0 Å². The van der Waals surface area contributed by atoms with E-state index < -0.39 is 0 Å². The normalized spacial score (nSPS) is 18.9. The number of nitrogens with one attached hydrogen (secondary N) is 1. The summed E-state index contributed by atoms with van der Waals surface area (Å²) in [7, 11) is 2.22. The number of rotatable bonds is 1. The summed E-state index contributed by atoms with van der Waals surface area (Å²) in [4.78, 5) is 5.95. The maximum atomic E-state index is 3.52. The SMILES string of the molecule is Cc1[nH]c2ccccc2c1C1CCN(C)CC1. The number of likely N-dealkylation sites (tertiary alicyclic amines) is 1. The molecule has 2 heteroatoms. The van der Waals surface area contributed by atoms with Gasteiger partial charge in [-0.15, -0.1) is 0 Å². The van der Waals surface area contributed by atoms with E-state index in [1.165, 1.54) is 42.5 Å². The molecule has 1 N–H and O–H groups in total. The number of benzene rings is 1. The molecule has 0 bridgehead atoms. The topological polar surface area (TPSA) is 19.0 Å². The van der Waals surface area contributed by atoms with E-state index in [1.54, 1.807) is 5.56 Å². The summed E-state index contributed by atoms with van der Waals surface area (Å²) in [5.41, 5.74) is 4.22. The zero-order valence-electron chi connectivity index (χ0n) is 10.7. The Balaban J connectivity index is 2.02. The van der Waals surface area contributed by atoms with Crippen molar-refractivity contribution < 1.29 is 0 Å². The van der Waals surface area contributed by atoms with Crippen molar-refractivity contribution in [2.45, 2.75) is 25.7 Å². The predicted octanol–water partition coefficient (Wildman–Crippen LogP) is 3.29. The van der Waals surface area contributed by atoms with E-state index in [0.29, 0.717) is 0 Å². The van der Waals surface area contributed by atoms with Gasteiger partial charge in [0.05, 0.1) is 0 Å².